The summed E-state index contributed by atoms with van der Waals surface area (Å²) in [5.41, 5.74) is 0.681. The Hall–Kier alpha value is -1.11. The molecule has 22 heavy (non-hydrogen) atoms. The summed E-state index contributed by atoms with van der Waals surface area (Å²) in [4.78, 5) is 17.2. The largest absolute Gasteiger partial charge is 0.497 e. The molecule has 0 bridgehead atoms. The molecule has 3 rings (SSSR count). The molecule has 6 heteroatoms. The Kier molecular flexibility index (Phi) is 5.00. The highest BCUT2D eigenvalue weighted by Crippen LogP contribution is 2.26. The first-order valence-corrected chi connectivity index (χ1v) is 8.56. The molecule has 2 heterocycles. The Morgan fingerprint density at radius 1 is 1.32 bits per heavy atom. The third-order valence-electron chi connectivity index (χ3n) is 4.52. The van der Waals surface area contributed by atoms with Crippen molar-refractivity contribution < 1.29 is 9.53 Å². The van der Waals surface area contributed by atoms with Gasteiger partial charge < -0.3 is 15.0 Å². The van der Waals surface area contributed by atoms with E-state index < -0.39 is 0 Å². The van der Waals surface area contributed by atoms with Crippen molar-refractivity contribution in [2.45, 2.75) is 12.5 Å². The molecule has 1 N–H and O–H groups in total. The van der Waals surface area contributed by atoms with Crippen LogP contribution in [0.4, 0.5) is 0 Å². The number of amides is 1. The van der Waals surface area contributed by atoms with E-state index in [2.05, 4.69) is 26.1 Å². The van der Waals surface area contributed by atoms with Crippen LogP contribution >= 0.6 is 15.9 Å². The summed E-state index contributed by atoms with van der Waals surface area (Å²) in [7, 11) is 1.62. The zero-order valence-electron chi connectivity index (χ0n) is 12.8. The first kappa shape index (κ1) is 15.8. The number of nitrogens with one attached hydrogen (secondary N) is 1. The minimum Gasteiger partial charge on any atom is -0.497 e. The van der Waals surface area contributed by atoms with Crippen molar-refractivity contribution in [3.8, 4) is 5.75 Å². The lowest BCUT2D eigenvalue weighted by atomic mass is 10.2. The summed E-state index contributed by atoms with van der Waals surface area (Å²) in [6.45, 7) is 5.91. The van der Waals surface area contributed by atoms with E-state index >= 15 is 0 Å². The van der Waals surface area contributed by atoms with Gasteiger partial charge in [0.1, 0.15) is 5.75 Å². The number of hydrogen-bond acceptors (Lipinski definition) is 4. The van der Waals surface area contributed by atoms with Crippen molar-refractivity contribution in [2.75, 3.05) is 46.4 Å². The van der Waals surface area contributed by atoms with Gasteiger partial charge in [-0.1, -0.05) is 0 Å². The molecule has 5 nitrogen and oxygen atoms in total. The van der Waals surface area contributed by atoms with Crippen LogP contribution in [0.25, 0.3) is 0 Å². The summed E-state index contributed by atoms with van der Waals surface area (Å²) in [5, 5.41) is 3.38. The van der Waals surface area contributed by atoms with Gasteiger partial charge in [-0.15, -0.1) is 0 Å². The highest BCUT2D eigenvalue weighted by Gasteiger charge is 2.32. The van der Waals surface area contributed by atoms with E-state index in [1.807, 2.05) is 23.1 Å². The monoisotopic (exact) mass is 367 g/mol. The lowest BCUT2D eigenvalue weighted by molar-refractivity contribution is 0.0772. The van der Waals surface area contributed by atoms with Gasteiger partial charge in [0.05, 0.1) is 12.7 Å². The summed E-state index contributed by atoms with van der Waals surface area (Å²) in [6.07, 6.45) is 1.06. The standard InChI is InChI=1S/C16H22BrN3O2/c1-22-13-2-3-15(17)14(10-13)16(21)20-7-4-12(11-20)19-8-5-18-6-9-19/h2-3,10,12,18H,4-9,11H2,1H3. The van der Waals surface area contributed by atoms with Crippen LogP contribution in [0, 0.1) is 0 Å². The molecule has 2 aliphatic heterocycles. The van der Waals surface area contributed by atoms with E-state index in [9.17, 15) is 4.79 Å². The molecule has 1 atom stereocenters. The fourth-order valence-corrected chi connectivity index (χ4v) is 3.65. The number of hydrogen-bond donors (Lipinski definition) is 1. The molecule has 1 amide bonds. The van der Waals surface area contributed by atoms with Crippen molar-refractivity contribution in [2.24, 2.45) is 0 Å². The van der Waals surface area contributed by atoms with Gasteiger partial charge in [-0.3, -0.25) is 9.69 Å². The fraction of sp³-hybridized carbons (Fsp3) is 0.562. The second-order valence-corrected chi connectivity index (χ2v) is 6.68. The van der Waals surface area contributed by atoms with Crippen LogP contribution in [-0.2, 0) is 0 Å². The molecule has 0 saturated carbocycles. The molecule has 2 aliphatic rings. The van der Waals surface area contributed by atoms with E-state index in [0.717, 1.165) is 50.2 Å². The number of likely N-dealkylation sites (tertiary alicyclic amines) is 1. The lowest BCUT2D eigenvalue weighted by Gasteiger charge is -2.32. The van der Waals surface area contributed by atoms with Crippen molar-refractivity contribution >= 4 is 21.8 Å². The smallest absolute Gasteiger partial charge is 0.255 e. The number of carbonyl (C=O) groups excluding carboxylic acids is 1. The molecule has 0 spiro atoms. The van der Waals surface area contributed by atoms with Crippen LogP contribution in [0.3, 0.4) is 0 Å². The third kappa shape index (κ3) is 3.29. The maximum atomic E-state index is 12.8. The fourth-order valence-electron chi connectivity index (χ4n) is 3.24. The minimum absolute atomic E-state index is 0.0865. The van der Waals surface area contributed by atoms with Gasteiger partial charge in [-0.25, -0.2) is 0 Å². The van der Waals surface area contributed by atoms with Crippen molar-refractivity contribution in [1.82, 2.24) is 15.1 Å². The highest BCUT2D eigenvalue weighted by molar-refractivity contribution is 9.10. The number of carbonyl (C=O) groups is 1. The van der Waals surface area contributed by atoms with Gasteiger partial charge in [0.15, 0.2) is 0 Å². The third-order valence-corrected chi connectivity index (χ3v) is 5.21. The Balaban J connectivity index is 1.68. The molecule has 2 saturated heterocycles. The molecule has 0 aliphatic carbocycles. The van der Waals surface area contributed by atoms with Gasteiger partial charge in [-0.2, -0.15) is 0 Å². The second kappa shape index (κ2) is 6.98. The van der Waals surface area contributed by atoms with Gasteiger partial charge in [0.25, 0.3) is 5.91 Å². The molecular weight excluding hydrogens is 346 g/mol. The second-order valence-electron chi connectivity index (χ2n) is 5.83. The average molecular weight is 368 g/mol. The number of ether oxygens (including phenoxy) is 1. The zero-order valence-corrected chi connectivity index (χ0v) is 14.4. The van der Waals surface area contributed by atoms with E-state index in [-0.39, 0.29) is 5.91 Å². The molecular formula is C16H22BrN3O2. The lowest BCUT2D eigenvalue weighted by Crippen LogP contribution is -2.49. The minimum atomic E-state index is 0.0865. The first-order chi connectivity index (χ1) is 10.7. The maximum absolute atomic E-state index is 12.8. The molecule has 0 aromatic heterocycles. The van der Waals surface area contributed by atoms with Gasteiger partial charge in [-0.05, 0) is 40.5 Å². The average Bonchev–Trinajstić information content (AvgIpc) is 3.05. The molecule has 0 radical (unpaired) electrons. The van der Waals surface area contributed by atoms with Crippen LogP contribution < -0.4 is 10.1 Å². The van der Waals surface area contributed by atoms with Crippen LogP contribution in [0.2, 0.25) is 0 Å². The molecule has 1 aromatic rings. The Morgan fingerprint density at radius 3 is 2.82 bits per heavy atom. The predicted molar refractivity (Wildman–Crippen MR) is 89.4 cm³/mol. The van der Waals surface area contributed by atoms with E-state index in [1.54, 1.807) is 7.11 Å². The summed E-state index contributed by atoms with van der Waals surface area (Å²) >= 11 is 3.48. The Labute approximate surface area is 139 Å². The summed E-state index contributed by atoms with van der Waals surface area (Å²) < 4.78 is 6.06. The Morgan fingerprint density at radius 2 is 2.09 bits per heavy atom. The zero-order chi connectivity index (χ0) is 15.5. The van der Waals surface area contributed by atoms with E-state index in [0.29, 0.717) is 17.4 Å². The normalized spacial score (nSPS) is 22.8. The van der Waals surface area contributed by atoms with Crippen molar-refractivity contribution in [3.05, 3.63) is 28.2 Å². The quantitative estimate of drug-likeness (QED) is 0.880. The van der Waals surface area contributed by atoms with E-state index in [4.69, 9.17) is 4.74 Å². The highest BCUT2D eigenvalue weighted by atomic mass is 79.9. The number of methoxy groups -OCH3 is 1. The van der Waals surface area contributed by atoms with Gasteiger partial charge >= 0.3 is 0 Å². The van der Waals surface area contributed by atoms with Gasteiger partial charge in [0, 0.05) is 49.8 Å². The summed E-state index contributed by atoms with van der Waals surface area (Å²) in [5.74, 6) is 0.799. The number of piperazine rings is 1. The summed E-state index contributed by atoms with van der Waals surface area (Å²) in [6, 6.07) is 6.03. The number of nitrogens with zero attached hydrogens (tertiary/aromatic N) is 2. The van der Waals surface area contributed by atoms with E-state index in [1.165, 1.54) is 0 Å². The molecule has 1 unspecified atom stereocenters. The maximum Gasteiger partial charge on any atom is 0.255 e. The van der Waals surface area contributed by atoms with Crippen molar-refractivity contribution in [1.29, 1.82) is 0 Å². The molecule has 1 aromatic carbocycles. The number of benzene rings is 1. The Bertz CT molecular complexity index is 546. The topological polar surface area (TPSA) is 44.8 Å². The molecule has 2 fully saturated rings. The van der Waals surface area contributed by atoms with Crippen LogP contribution in [0.1, 0.15) is 16.8 Å². The van der Waals surface area contributed by atoms with Crippen LogP contribution in [0.15, 0.2) is 22.7 Å². The van der Waals surface area contributed by atoms with Crippen LogP contribution in [0.5, 0.6) is 5.75 Å². The number of halogens is 1. The first-order valence-electron chi connectivity index (χ1n) is 7.76. The number of rotatable bonds is 3. The molecule has 120 valence electrons. The van der Waals surface area contributed by atoms with Gasteiger partial charge in [0.2, 0.25) is 0 Å². The SMILES string of the molecule is COc1ccc(Br)c(C(=O)N2CCC(N3CCNCC3)C2)c1. The predicted octanol–water partition coefficient (Wildman–Crippen LogP) is 1.58. The van der Waals surface area contributed by atoms with Crippen LogP contribution in [-0.4, -0.2) is 68.1 Å². The van der Waals surface area contributed by atoms with Crippen molar-refractivity contribution in [3.63, 3.8) is 0 Å².